The summed E-state index contributed by atoms with van der Waals surface area (Å²) in [6.07, 6.45) is 1.09. The van der Waals surface area contributed by atoms with Gasteiger partial charge in [-0.1, -0.05) is 66.7 Å². The fourth-order valence-electron chi connectivity index (χ4n) is 2.29. The maximum Gasteiger partial charge on any atom is 0.282 e. The molecule has 31 heavy (non-hydrogen) atoms. The van der Waals surface area contributed by atoms with Crippen molar-refractivity contribution < 1.29 is 16.8 Å². The molecule has 1 aliphatic rings. The van der Waals surface area contributed by atoms with Crippen molar-refractivity contribution in [3.05, 3.63) is 78.6 Å². The molecule has 0 saturated carbocycles. The summed E-state index contributed by atoms with van der Waals surface area (Å²) in [5.74, 6) is 0. The SMILES string of the molecule is O=S(=O)(N=C1C=C(Cl)C(=NS(=O)(=O)c2ccc(Br)cc2)C(Cl)=C1Cl)c1ccc(Br)cc1. The Balaban J connectivity index is 2.04. The summed E-state index contributed by atoms with van der Waals surface area (Å²) in [5.41, 5.74) is -0.573. The van der Waals surface area contributed by atoms with Crippen LogP contribution in [0, 0.1) is 0 Å². The Morgan fingerprint density at radius 1 is 0.645 bits per heavy atom. The molecule has 0 amide bonds. The lowest BCUT2D eigenvalue weighted by Gasteiger charge is -2.14. The maximum atomic E-state index is 12.6. The molecule has 2 aromatic rings. The summed E-state index contributed by atoms with van der Waals surface area (Å²) in [4.78, 5) is -0.170. The van der Waals surface area contributed by atoms with E-state index >= 15 is 0 Å². The molecule has 0 aromatic heterocycles. The van der Waals surface area contributed by atoms with Crippen LogP contribution in [0.15, 0.2) is 97.2 Å². The highest BCUT2D eigenvalue weighted by atomic mass is 79.9. The van der Waals surface area contributed by atoms with E-state index in [1.807, 2.05) is 0 Å². The minimum absolute atomic E-state index is 0.0782. The second kappa shape index (κ2) is 9.46. The van der Waals surface area contributed by atoms with Gasteiger partial charge in [-0.05, 0) is 54.6 Å². The number of nitrogens with zero attached hydrogens (tertiary/aromatic N) is 2. The van der Waals surface area contributed by atoms with Gasteiger partial charge in [-0.3, -0.25) is 0 Å². The fraction of sp³-hybridized carbons (Fsp3) is 0. The van der Waals surface area contributed by atoms with Crippen molar-refractivity contribution in [1.29, 1.82) is 0 Å². The molecule has 0 atom stereocenters. The van der Waals surface area contributed by atoms with Gasteiger partial charge in [0.05, 0.1) is 30.6 Å². The minimum atomic E-state index is -4.16. The molecule has 2 aromatic carbocycles. The smallest absolute Gasteiger partial charge is 0.199 e. The summed E-state index contributed by atoms with van der Waals surface area (Å²) in [7, 11) is -8.30. The first-order valence-corrected chi connectivity index (χ1v) is 13.7. The van der Waals surface area contributed by atoms with Gasteiger partial charge in [0.2, 0.25) is 0 Å². The highest BCUT2D eigenvalue weighted by molar-refractivity contribution is 9.10. The van der Waals surface area contributed by atoms with Crippen molar-refractivity contribution in [1.82, 2.24) is 0 Å². The molecule has 13 heteroatoms. The number of sulfonamides is 2. The van der Waals surface area contributed by atoms with Gasteiger partial charge in [-0.25, -0.2) is 0 Å². The zero-order chi connectivity index (χ0) is 23.0. The Morgan fingerprint density at radius 2 is 1.06 bits per heavy atom. The molecule has 0 saturated heterocycles. The van der Waals surface area contributed by atoms with E-state index in [1.54, 1.807) is 12.1 Å². The lowest BCUT2D eigenvalue weighted by atomic mass is 10.1. The summed E-state index contributed by atoms with van der Waals surface area (Å²) < 4.78 is 59.0. The van der Waals surface area contributed by atoms with Crippen LogP contribution in [0.1, 0.15) is 0 Å². The Morgan fingerprint density at radius 3 is 1.52 bits per heavy atom. The predicted octanol–water partition coefficient (Wildman–Crippen LogP) is 6.00. The van der Waals surface area contributed by atoms with E-state index in [1.165, 1.54) is 36.4 Å². The van der Waals surface area contributed by atoms with Gasteiger partial charge in [-0.2, -0.15) is 25.6 Å². The lowest BCUT2D eigenvalue weighted by Crippen LogP contribution is -2.16. The van der Waals surface area contributed by atoms with E-state index in [9.17, 15) is 16.8 Å². The third-order valence-electron chi connectivity index (χ3n) is 3.77. The van der Waals surface area contributed by atoms with E-state index in [0.717, 1.165) is 6.08 Å². The van der Waals surface area contributed by atoms with Gasteiger partial charge in [0.25, 0.3) is 20.0 Å². The largest absolute Gasteiger partial charge is 0.282 e. The number of rotatable bonds is 4. The third-order valence-corrected chi connectivity index (χ3v) is 8.56. The van der Waals surface area contributed by atoms with Gasteiger partial charge in [0.1, 0.15) is 5.71 Å². The number of benzene rings is 2. The second-order valence-corrected chi connectivity index (χ2v) is 12.1. The Hall–Kier alpha value is -1.01. The van der Waals surface area contributed by atoms with Gasteiger partial charge in [-0.15, -0.1) is 0 Å². The van der Waals surface area contributed by atoms with Crippen molar-refractivity contribution >= 4 is 98.1 Å². The lowest BCUT2D eigenvalue weighted by molar-refractivity contribution is 0.596. The second-order valence-electron chi connectivity index (χ2n) is 5.89. The molecule has 0 heterocycles. The first kappa shape index (κ1) is 24.6. The van der Waals surface area contributed by atoms with Crippen LogP contribution < -0.4 is 0 Å². The van der Waals surface area contributed by atoms with Crippen molar-refractivity contribution in [3.8, 4) is 0 Å². The van der Waals surface area contributed by atoms with E-state index < -0.39 is 20.0 Å². The molecule has 0 N–H and O–H groups in total. The molecular formula is C18H9Br2Cl3N2O4S2. The van der Waals surface area contributed by atoms with E-state index in [2.05, 4.69) is 40.7 Å². The number of halogens is 5. The average Bonchev–Trinajstić information content (AvgIpc) is 2.70. The van der Waals surface area contributed by atoms with Crippen LogP contribution in [0.5, 0.6) is 0 Å². The van der Waals surface area contributed by atoms with Crippen LogP contribution >= 0.6 is 66.7 Å². The van der Waals surface area contributed by atoms with Crippen LogP contribution in [0.25, 0.3) is 0 Å². The summed E-state index contributed by atoms with van der Waals surface area (Å²) >= 11 is 24.9. The van der Waals surface area contributed by atoms with Crippen molar-refractivity contribution in [3.63, 3.8) is 0 Å². The summed E-state index contributed by atoms with van der Waals surface area (Å²) in [5, 5.41) is -0.893. The molecule has 162 valence electrons. The molecule has 0 aliphatic heterocycles. The first-order valence-electron chi connectivity index (χ1n) is 8.05. The van der Waals surface area contributed by atoms with E-state index in [0.29, 0.717) is 8.95 Å². The van der Waals surface area contributed by atoms with Crippen molar-refractivity contribution in [2.24, 2.45) is 8.80 Å². The predicted molar refractivity (Wildman–Crippen MR) is 130 cm³/mol. The monoisotopic (exact) mass is 644 g/mol. The first-order chi connectivity index (χ1) is 14.4. The molecular weight excluding hydrogens is 639 g/mol. The molecule has 0 spiro atoms. The average molecular weight is 648 g/mol. The summed E-state index contributed by atoms with van der Waals surface area (Å²) in [6, 6.07) is 11.6. The fourth-order valence-corrected chi connectivity index (χ4v) is 5.69. The standard InChI is InChI=1S/C18H9Br2Cl3N2O4S2/c19-10-1-5-12(6-2-10)30(26,27)24-15-9-14(21)18(17(23)16(15)22)25-31(28,29)13-7-3-11(20)4-8-13/h1-9H. The molecule has 3 rings (SSSR count). The molecule has 0 unspecified atom stereocenters. The Labute approximate surface area is 210 Å². The number of allylic oxidation sites excluding steroid dienone is 4. The Bertz CT molecular complexity index is 1380. The highest BCUT2D eigenvalue weighted by Crippen LogP contribution is 2.31. The quantitative estimate of drug-likeness (QED) is 0.381. The van der Waals surface area contributed by atoms with Gasteiger partial charge < -0.3 is 0 Å². The summed E-state index contributed by atoms with van der Waals surface area (Å²) in [6.45, 7) is 0. The van der Waals surface area contributed by atoms with E-state index in [4.69, 9.17) is 34.8 Å². The Kier molecular flexibility index (Phi) is 7.52. The van der Waals surface area contributed by atoms with Crippen LogP contribution in [-0.4, -0.2) is 28.3 Å². The van der Waals surface area contributed by atoms with Crippen LogP contribution in [0.3, 0.4) is 0 Å². The van der Waals surface area contributed by atoms with Crippen LogP contribution in [0.2, 0.25) is 0 Å². The molecule has 6 nitrogen and oxygen atoms in total. The third kappa shape index (κ3) is 5.68. The molecule has 0 bridgehead atoms. The molecule has 0 fully saturated rings. The van der Waals surface area contributed by atoms with E-state index in [-0.39, 0.29) is 36.3 Å². The van der Waals surface area contributed by atoms with Gasteiger partial charge in [0, 0.05) is 8.95 Å². The molecule has 1 aliphatic carbocycles. The van der Waals surface area contributed by atoms with Crippen LogP contribution in [0.4, 0.5) is 0 Å². The van der Waals surface area contributed by atoms with Gasteiger partial charge in [0.15, 0.2) is 0 Å². The van der Waals surface area contributed by atoms with Crippen LogP contribution in [-0.2, 0) is 20.0 Å². The van der Waals surface area contributed by atoms with Gasteiger partial charge >= 0.3 is 0 Å². The van der Waals surface area contributed by atoms with Crippen molar-refractivity contribution in [2.75, 3.05) is 0 Å². The zero-order valence-corrected chi connectivity index (χ0v) is 22.0. The highest BCUT2D eigenvalue weighted by Gasteiger charge is 2.27. The topological polar surface area (TPSA) is 93.0 Å². The molecule has 0 radical (unpaired) electrons. The maximum absolute atomic E-state index is 12.6. The minimum Gasteiger partial charge on any atom is -0.199 e. The zero-order valence-electron chi connectivity index (χ0n) is 14.9. The number of hydrogen-bond acceptors (Lipinski definition) is 4. The van der Waals surface area contributed by atoms with Crippen molar-refractivity contribution in [2.45, 2.75) is 9.79 Å². The number of hydrogen-bond donors (Lipinski definition) is 0. The normalized spacial score (nSPS) is 17.9.